The predicted octanol–water partition coefficient (Wildman–Crippen LogP) is 1.85. The third-order valence-electron chi connectivity index (χ3n) is 4.36. The van der Waals surface area contributed by atoms with Crippen LogP contribution in [0.4, 0.5) is 0 Å². The van der Waals surface area contributed by atoms with Crippen LogP contribution in [0, 0.1) is 0 Å². The van der Waals surface area contributed by atoms with E-state index in [1.54, 1.807) is 12.1 Å². The maximum Gasteiger partial charge on any atom is 0.306 e. The number of epoxide rings is 1. The molecule has 0 saturated carbocycles. The first-order valence-corrected chi connectivity index (χ1v) is 8.71. The minimum Gasteiger partial charge on any atom is -0.507 e. The van der Waals surface area contributed by atoms with Crippen LogP contribution in [0.2, 0.25) is 0 Å². The molecule has 7 nitrogen and oxygen atoms in total. The van der Waals surface area contributed by atoms with Gasteiger partial charge in [-0.05, 0) is 18.6 Å². The lowest BCUT2D eigenvalue weighted by Gasteiger charge is -2.22. The smallest absolute Gasteiger partial charge is 0.306 e. The van der Waals surface area contributed by atoms with E-state index in [2.05, 4.69) is 5.32 Å². The predicted molar refractivity (Wildman–Crippen MR) is 91.3 cm³/mol. The molecule has 1 heterocycles. The van der Waals surface area contributed by atoms with E-state index in [0.29, 0.717) is 0 Å². The SMILES string of the molecule is CCCCCC(=O)OC1C(NC(=O)c2ccccc2O)=CC(=O)C2OC21. The Balaban J connectivity index is 1.71. The van der Waals surface area contributed by atoms with Gasteiger partial charge in [0.2, 0.25) is 0 Å². The van der Waals surface area contributed by atoms with E-state index in [9.17, 15) is 19.5 Å². The lowest BCUT2D eigenvalue weighted by molar-refractivity contribution is -0.148. The number of hydrogen-bond donors (Lipinski definition) is 2. The standard InChI is InChI=1S/C19H21NO6/c1-2-3-4-9-15(23)25-16-12(10-14(22)17-18(16)26-17)20-19(24)11-7-5-6-8-13(11)21/h5-8,10,16-18,21H,2-4,9H2,1H3,(H,20,24). The maximum atomic E-state index is 12.4. The zero-order valence-corrected chi connectivity index (χ0v) is 14.4. The van der Waals surface area contributed by atoms with Crippen LogP contribution < -0.4 is 5.32 Å². The topological polar surface area (TPSA) is 105 Å². The summed E-state index contributed by atoms with van der Waals surface area (Å²) in [7, 11) is 0. The lowest BCUT2D eigenvalue weighted by atomic mass is 10.00. The molecule has 0 bridgehead atoms. The van der Waals surface area contributed by atoms with Gasteiger partial charge in [0.15, 0.2) is 18.0 Å². The van der Waals surface area contributed by atoms with Crippen LogP contribution in [-0.2, 0) is 19.1 Å². The van der Waals surface area contributed by atoms with Crippen molar-refractivity contribution in [1.29, 1.82) is 0 Å². The number of esters is 1. The Labute approximate surface area is 151 Å². The molecule has 0 radical (unpaired) electrons. The highest BCUT2D eigenvalue weighted by atomic mass is 16.6. The fourth-order valence-electron chi connectivity index (χ4n) is 2.90. The summed E-state index contributed by atoms with van der Waals surface area (Å²) in [6.45, 7) is 2.04. The minimum absolute atomic E-state index is 0.0627. The van der Waals surface area contributed by atoms with E-state index >= 15 is 0 Å². The van der Waals surface area contributed by atoms with E-state index in [4.69, 9.17) is 9.47 Å². The summed E-state index contributed by atoms with van der Waals surface area (Å²) < 4.78 is 10.7. The number of para-hydroxylation sites is 1. The average Bonchev–Trinajstić information content (AvgIpc) is 3.40. The van der Waals surface area contributed by atoms with Crippen molar-refractivity contribution in [3.8, 4) is 5.75 Å². The number of rotatable bonds is 7. The molecule has 26 heavy (non-hydrogen) atoms. The summed E-state index contributed by atoms with van der Waals surface area (Å²) in [6, 6.07) is 6.05. The van der Waals surface area contributed by atoms with E-state index in [0.717, 1.165) is 19.3 Å². The molecular weight excluding hydrogens is 338 g/mol. The Morgan fingerprint density at radius 3 is 2.77 bits per heavy atom. The quantitative estimate of drug-likeness (QED) is 0.437. The van der Waals surface area contributed by atoms with Gasteiger partial charge >= 0.3 is 5.97 Å². The molecule has 3 rings (SSSR count). The Hall–Kier alpha value is -2.67. The molecule has 3 unspecified atom stereocenters. The van der Waals surface area contributed by atoms with Crippen molar-refractivity contribution in [2.45, 2.75) is 50.9 Å². The van der Waals surface area contributed by atoms with Gasteiger partial charge in [0, 0.05) is 12.5 Å². The van der Waals surface area contributed by atoms with Crippen LogP contribution in [0.25, 0.3) is 0 Å². The summed E-state index contributed by atoms with van der Waals surface area (Å²) in [5, 5.41) is 12.4. The molecule has 1 aliphatic carbocycles. The van der Waals surface area contributed by atoms with Crippen LogP contribution >= 0.6 is 0 Å². The van der Waals surface area contributed by atoms with Crippen LogP contribution in [0.15, 0.2) is 36.0 Å². The third kappa shape index (κ3) is 3.94. The minimum atomic E-state index is -0.832. The number of aromatic hydroxyl groups is 1. The average molecular weight is 359 g/mol. The molecule has 3 atom stereocenters. The van der Waals surface area contributed by atoms with Gasteiger partial charge in [-0.3, -0.25) is 14.4 Å². The first-order valence-electron chi connectivity index (χ1n) is 8.71. The Morgan fingerprint density at radius 2 is 2.04 bits per heavy atom. The van der Waals surface area contributed by atoms with Gasteiger partial charge in [-0.2, -0.15) is 0 Å². The second-order valence-electron chi connectivity index (χ2n) is 6.36. The number of carbonyl (C=O) groups excluding carboxylic acids is 3. The molecule has 2 N–H and O–H groups in total. The molecule has 1 aliphatic heterocycles. The van der Waals surface area contributed by atoms with Crippen LogP contribution in [-0.4, -0.2) is 41.1 Å². The molecule has 0 spiro atoms. The van der Waals surface area contributed by atoms with Crippen LogP contribution in [0.1, 0.15) is 43.0 Å². The monoisotopic (exact) mass is 359 g/mol. The van der Waals surface area contributed by atoms with Crippen molar-refractivity contribution in [2.24, 2.45) is 0 Å². The number of carbonyl (C=O) groups is 3. The summed E-state index contributed by atoms with van der Waals surface area (Å²) in [5.74, 6) is -1.44. The number of benzene rings is 1. The number of amides is 1. The van der Waals surface area contributed by atoms with Gasteiger partial charge in [-0.1, -0.05) is 31.9 Å². The molecule has 138 valence electrons. The number of phenolic OH excluding ortho intramolecular Hbond substituents is 1. The first-order chi connectivity index (χ1) is 12.5. The lowest BCUT2D eigenvalue weighted by Crippen LogP contribution is -2.40. The highest BCUT2D eigenvalue weighted by Gasteiger charge is 2.55. The second kappa shape index (κ2) is 7.70. The van der Waals surface area contributed by atoms with Gasteiger partial charge in [0.25, 0.3) is 5.91 Å². The Bertz CT molecular complexity index is 756. The van der Waals surface area contributed by atoms with Gasteiger partial charge in [0.05, 0.1) is 11.3 Å². The molecule has 1 saturated heterocycles. The Kier molecular flexibility index (Phi) is 5.37. The van der Waals surface area contributed by atoms with Gasteiger partial charge in [-0.25, -0.2) is 0 Å². The zero-order valence-electron chi connectivity index (χ0n) is 14.4. The number of fused-ring (bicyclic) bond motifs is 1. The van der Waals surface area contributed by atoms with Crippen molar-refractivity contribution in [1.82, 2.24) is 5.32 Å². The van der Waals surface area contributed by atoms with E-state index < -0.39 is 30.2 Å². The number of phenols is 1. The summed E-state index contributed by atoms with van der Waals surface area (Å²) in [5.41, 5.74) is 0.235. The van der Waals surface area contributed by atoms with Gasteiger partial charge in [-0.15, -0.1) is 0 Å². The van der Waals surface area contributed by atoms with E-state index in [1.807, 2.05) is 6.92 Å². The van der Waals surface area contributed by atoms with Crippen LogP contribution in [0.5, 0.6) is 5.75 Å². The fourth-order valence-corrected chi connectivity index (χ4v) is 2.90. The molecular formula is C19H21NO6. The third-order valence-corrected chi connectivity index (χ3v) is 4.36. The number of unbranched alkanes of at least 4 members (excludes halogenated alkanes) is 2. The zero-order chi connectivity index (χ0) is 18.7. The molecule has 7 heteroatoms. The number of ketones is 1. The van der Waals surface area contributed by atoms with Gasteiger partial charge < -0.3 is 19.9 Å². The Morgan fingerprint density at radius 1 is 1.27 bits per heavy atom. The van der Waals surface area contributed by atoms with Gasteiger partial charge in [0.1, 0.15) is 11.9 Å². The number of hydrogen-bond acceptors (Lipinski definition) is 6. The van der Waals surface area contributed by atoms with E-state index in [1.165, 1.54) is 18.2 Å². The molecule has 1 aromatic rings. The normalized spacial score (nSPS) is 23.7. The van der Waals surface area contributed by atoms with Crippen molar-refractivity contribution in [3.05, 3.63) is 41.6 Å². The fraction of sp³-hybridized carbons (Fsp3) is 0.421. The molecule has 0 aromatic heterocycles. The highest BCUT2D eigenvalue weighted by Crippen LogP contribution is 2.36. The van der Waals surface area contributed by atoms with Crippen molar-refractivity contribution in [3.63, 3.8) is 0 Å². The molecule has 1 amide bonds. The summed E-state index contributed by atoms with van der Waals surface area (Å²) in [4.78, 5) is 36.4. The molecule has 1 fully saturated rings. The van der Waals surface area contributed by atoms with Crippen LogP contribution in [0.3, 0.4) is 0 Å². The maximum absolute atomic E-state index is 12.4. The summed E-state index contributed by atoms with van der Waals surface area (Å²) >= 11 is 0. The number of nitrogens with one attached hydrogen (secondary N) is 1. The van der Waals surface area contributed by atoms with E-state index in [-0.39, 0.29) is 29.2 Å². The molecule has 1 aromatic carbocycles. The number of ether oxygens (including phenoxy) is 2. The summed E-state index contributed by atoms with van der Waals surface area (Å²) in [6.07, 6.45) is 2.12. The van der Waals surface area contributed by atoms with Crippen molar-refractivity contribution < 1.29 is 29.0 Å². The van der Waals surface area contributed by atoms with Crippen molar-refractivity contribution >= 4 is 17.7 Å². The highest BCUT2D eigenvalue weighted by molar-refractivity contribution is 6.01. The molecule has 2 aliphatic rings. The van der Waals surface area contributed by atoms with Crippen molar-refractivity contribution in [2.75, 3.05) is 0 Å². The first kappa shape index (κ1) is 18.1. The largest absolute Gasteiger partial charge is 0.507 e. The second-order valence-corrected chi connectivity index (χ2v) is 6.36.